The van der Waals surface area contributed by atoms with Crippen LogP contribution in [-0.4, -0.2) is 19.1 Å². The molecule has 0 radical (unpaired) electrons. The monoisotopic (exact) mass is 279 g/mol. The molecular formula is C16H22FNO2. The van der Waals surface area contributed by atoms with Crippen molar-refractivity contribution in [3.8, 4) is 0 Å². The highest BCUT2D eigenvalue weighted by molar-refractivity contribution is 5.89. The lowest BCUT2D eigenvalue weighted by Crippen LogP contribution is -2.27. The van der Waals surface area contributed by atoms with Gasteiger partial charge in [0.2, 0.25) is 0 Å². The first-order chi connectivity index (χ1) is 9.70. The molecule has 2 rings (SSSR count). The molecule has 0 aromatic heterocycles. The van der Waals surface area contributed by atoms with E-state index >= 15 is 0 Å². The standard InChI is InChI=1S/C16H22FNO2/c1-20-16(19)14-9-8-12(10-15(14)17)11-18-13-6-4-2-3-5-7-13/h8-10,13,18H,2-7,11H2,1H3. The van der Waals surface area contributed by atoms with Crippen molar-refractivity contribution < 1.29 is 13.9 Å². The van der Waals surface area contributed by atoms with Crippen molar-refractivity contribution in [1.29, 1.82) is 0 Å². The highest BCUT2D eigenvalue weighted by atomic mass is 19.1. The molecule has 20 heavy (non-hydrogen) atoms. The van der Waals surface area contributed by atoms with Crippen LogP contribution in [-0.2, 0) is 11.3 Å². The van der Waals surface area contributed by atoms with Gasteiger partial charge in [-0.2, -0.15) is 0 Å². The van der Waals surface area contributed by atoms with Gasteiger partial charge in [-0.1, -0.05) is 31.7 Å². The van der Waals surface area contributed by atoms with E-state index in [2.05, 4.69) is 10.1 Å². The van der Waals surface area contributed by atoms with Gasteiger partial charge in [0, 0.05) is 12.6 Å². The highest BCUT2D eigenvalue weighted by Gasteiger charge is 2.14. The molecule has 1 fully saturated rings. The molecule has 0 bridgehead atoms. The third kappa shape index (κ3) is 4.04. The van der Waals surface area contributed by atoms with Crippen LogP contribution in [0.1, 0.15) is 54.4 Å². The average molecular weight is 279 g/mol. The zero-order valence-electron chi connectivity index (χ0n) is 12.0. The van der Waals surface area contributed by atoms with Gasteiger partial charge in [-0.25, -0.2) is 9.18 Å². The second-order valence-corrected chi connectivity index (χ2v) is 5.38. The number of methoxy groups -OCH3 is 1. The van der Waals surface area contributed by atoms with E-state index in [1.54, 1.807) is 6.07 Å². The molecule has 1 aromatic carbocycles. The minimum atomic E-state index is -0.634. The molecule has 1 aliphatic carbocycles. The zero-order chi connectivity index (χ0) is 14.4. The number of esters is 1. The van der Waals surface area contributed by atoms with E-state index in [1.807, 2.05) is 0 Å². The van der Waals surface area contributed by atoms with Gasteiger partial charge in [0.1, 0.15) is 5.82 Å². The number of rotatable bonds is 4. The largest absolute Gasteiger partial charge is 0.465 e. The summed E-state index contributed by atoms with van der Waals surface area (Å²) in [4.78, 5) is 11.3. The Hall–Kier alpha value is -1.42. The van der Waals surface area contributed by atoms with E-state index in [0.717, 1.165) is 5.56 Å². The van der Waals surface area contributed by atoms with E-state index in [1.165, 1.54) is 57.8 Å². The highest BCUT2D eigenvalue weighted by Crippen LogP contribution is 2.18. The number of halogens is 1. The van der Waals surface area contributed by atoms with E-state index in [0.29, 0.717) is 12.6 Å². The van der Waals surface area contributed by atoms with Gasteiger partial charge in [-0.3, -0.25) is 0 Å². The van der Waals surface area contributed by atoms with E-state index in [-0.39, 0.29) is 5.56 Å². The molecule has 4 heteroatoms. The maximum absolute atomic E-state index is 13.8. The SMILES string of the molecule is COC(=O)c1ccc(CNC2CCCCCC2)cc1F. The number of carbonyl (C=O) groups is 1. The predicted molar refractivity (Wildman–Crippen MR) is 76.1 cm³/mol. The minimum Gasteiger partial charge on any atom is -0.465 e. The van der Waals surface area contributed by atoms with Gasteiger partial charge in [0.05, 0.1) is 12.7 Å². The summed E-state index contributed by atoms with van der Waals surface area (Å²) in [6, 6.07) is 5.21. The number of benzene rings is 1. The van der Waals surface area contributed by atoms with Gasteiger partial charge in [-0.05, 0) is 30.5 Å². The normalized spacial score (nSPS) is 16.7. The summed E-state index contributed by atoms with van der Waals surface area (Å²) in [5.41, 5.74) is 0.852. The maximum atomic E-state index is 13.8. The first-order valence-electron chi connectivity index (χ1n) is 7.31. The molecule has 0 amide bonds. The lowest BCUT2D eigenvalue weighted by atomic mass is 10.1. The van der Waals surface area contributed by atoms with E-state index in [4.69, 9.17) is 0 Å². The molecule has 0 atom stereocenters. The van der Waals surface area contributed by atoms with Crippen LogP contribution in [0.3, 0.4) is 0 Å². The van der Waals surface area contributed by atoms with Gasteiger partial charge in [0.15, 0.2) is 0 Å². The fourth-order valence-electron chi connectivity index (χ4n) is 2.69. The van der Waals surface area contributed by atoms with Crippen molar-refractivity contribution in [3.63, 3.8) is 0 Å². The summed E-state index contributed by atoms with van der Waals surface area (Å²) < 4.78 is 18.3. The lowest BCUT2D eigenvalue weighted by molar-refractivity contribution is 0.0595. The first-order valence-corrected chi connectivity index (χ1v) is 7.31. The second-order valence-electron chi connectivity index (χ2n) is 5.38. The van der Waals surface area contributed by atoms with Gasteiger partial charge < -0.3 is 10.1 Å². The van der Waals surface area contributed by atoms with Crippen molar-refractivity contribution >= 4 is 5.97 Å². The van der Waals surface area contributed by atoms with Crippen molar-refractivity contribution in [3.05, 3.63) is 35.1 Å². The number of hydrogen-bond donors (Lipinski definition) is 1. The Morgan fingerprint density at radius 2 is 2.00 bits per heavy atom. The maximum Gasteiger partial charge on any atom is 0.340 e. The molecule has 0 spiro atoms. The van der Waals surface area contributed by atoms with Crippen LogP contribution in [0.5, 0.6) is 0 Å². The quantitative estimate of drug-likeness (QED) is 0.678. The van der Waals surface area contributed by atoms with E-state index < -0.39 is 11.8 Å². The Kier molecular flexibility index (Phi) is 5.53. The van der Waals surface area contributed by atoms with Gasteiger partial charge in [-0.15, -0.1) is 0 Å². The molecule has 1 saturated carbocycles. The molecular weight excluding hydrogens is 257 g/mol. The Morgan fingerprint density at radius 3 is 2.60 bits per heavy atom. The summed E-state index contributed by atoms with van der Waals surface area (Å²) in [5, 5.41) is 3.48. The summed E-state index contributed by atoms with van der Waals surface area (Å²) in [6.07, 6.45) is 7.58. The number of ether oxygens (including phenoxy) is 1. The van der Waals surface area contributed by atoms with Crippen LogP contribution in [0.2, 0.25) is 0 Å². The average Bonchev–Trinajstić information content (AvgIpc) is 2.73. The Morgan fingerprint density at radius 1 is 1.30 bits per heavy atom. The van der Waals surface area contributed by atoms with Crippen LogP contribution in [0.25, 0.3) is 0 Å². The molecule has 3 nitrogen and oxygen atoms in total. The van der Waals surface area contributed by atoms with Gasteiger partial charge >= 0.3 is 5.97 Å². The zero-order valence-corrected chi connectivity index (χ0v) is 12.0. The Labute approximate surface area is 119 Å². The molecule has 110 valence electrons. The second kappa shape index (κ2) is 7.39. The van der Waals surface area contributed by atoms with Crippen molar-refractivity contribution in [2.24, 2.45) is 0 Å². The predicted octanol–water partition coefficient (Wildman–Crippen LogP) is 3.42. The Bertz CT molecular complexity index is 454. The molecule has 1 N–H and O–H groups in total. The van der Waals surface area contributed by atoms with Crippen molar-refractivity contribution in [1.82, 2.24) is 5.32 Å². The van der Waals surface area contributed by atoms with Crippen molar-refractivity contribution in [2.45, 2.75) is 51.1 Å². The fraction of sp³-hybridized carbons (Fsp3) is 0.562. The summed E-state index contributed by atoms with van der Waals surface area (Å²) in [7, 11) is 1.25. The number of carbonyl (C=O) groups excluding carboxylic acids is 1. The molecule has 1 aromatic rings. The third-order valence-corrected chi connectivity index (χ3v) is 3.89. The van der Waals surface area contributed by atoms with Crippen LogP contribution < -0.4 is 5.32 Å². The third-order valence-electron chi connectivity index (χ3n) is 3.89. The molecule has 0 aliphatic heterocycles. The summed E-state index contributed by atoms with van der Waals surface area (Å²) in [5.74, 6) is -1.15. The smallest absolute Gasteiger partial charge is 0.340 e. The van der Waals surface area contributed by atoms with Crippen LogP contribution in [0, 0.1) is 5.82 Å². The number of nitrogens with one attached hydrogen (secondary N) is 1. The van der Waals surface area contributed by atoms with Gasteiger partial charge in [0.25, 0.3) is 0 Å². The number of hydrogen-bond acceptors (Lipinski definition) is 3. The molecule has 0 unspecified atom stereocenters. The molecule has 0 saturated heterocycles. The first kappa shape index (κ1) is 15.0. The lowest BCUT2D eigenvalue weighted by Gasteiger charge is -2.16. The molecule has 0 heterocycles. The summed E-state index contributed by atoms with van der Waals surface area (Å²) in [6.45, 7) is 0.642. The van der Waals surface area contributed by atoms with Crippen LogP contribution in [0.15, 0.2) is 18.2 Å². The fourth-order valence-corrected chi connectivity index (χ4v) is 2.69. The minimum absolute atomic E-state index is 0.00860. The van der Waals surface area contributed by atoms with Crippen molar-refractivity contribution in [2.75, 3.05) is 7.11 Å². The molecule has 1 aliphatic rings. The van der Waals surface area contributed by atoms with Crippen LogP contribution >= 0.6 is 0 Å². The topological polar surface area (TPSA) is 38.3 Å². The Balaban J connectivity index is 1.92. The summed E-state index contributed by atoms with van der Waals surface area (Å²) >= 11 is 0. The van der Waals surface area contributed by atoms with E-state index in [9.17, 15) is 9.18 Å². The van der Waals surface area contributed by atoms with Crippen LogP contribution in [0.4, 0.5) is 4.39 Å².